The lowest BCUT2D eigenvalue weighted by atomic mass is 10.2. The summed E-state index contributed by atoms with van der Waals surface area (Å²) in [4.78, 5) is 21.0. The number of nitriles is 1. The summed E-state index contributed by atoms with van der Waals surface area (Å²) >= 11 is 11.9. The van der Waals surface area contributed by atoms with Gasteiger partial charge in [-0.15, -0.1) is 0 Å². The van der Waals surface area contributed by atoms with Gasteiger partial charge < -0.3 is 10.6 Å². The van der Waals surface area contributed by atoms with Crippen molar-refractivity contribution in [1.82, 2.24) is 9.97 Å². The monoisotopic (exact) mass is 397 g/mol. The van der Waals surface area contributed by atoms with Crippen molar-refractivity contribution in [2.45, 2.75) is 6.92 Å². The van der Waals surface area contributed by atoms with E-state index < -0.39 is 5.91 Å². The number of halogens is 2. The van der Waals surface area contributed by atoms with E-state index in [2.05, 4.69) is 26.7 Å². The van der Waals surface area contributed by atoms with E-state index in [9.17, 15) is 4.79 Å². The summed E-state index contributed by atoms with van der Waals surface area (Å²) in [7, 11) is 0. The number of aromatic nitrogens is 2. The maximum atomic E-state index is 12.5. The van der Waals surface area contributed by atoms with E-state index in [0.29, 0.717) is 32.9 Å². The Morgan fingerprint density at radius 3 is 2.30 bits per heavy atom. The highest BCUT2D eigenvalue weighted by Crippen LogP contribution is 2.23. The van der Waals surface area contributed by atoms with Crippen LogP contribution in [-0.2, 0) is 0 Å². The summed E-state index contributed by atoms with van der Waals surface area (Å²) in [5.41, 5.74) is 1.95. The molecule has 0 radical (unpaired) electrons. The van der Waals surface area contributed by atoms with Crippen LogP contribution in [0.2, 0.25) is 10.0 Å². The van der Waals surface area contributed by atoms with Gasteiger partial charge in [0.2, 0.25) is 0 Å². The van der Waals surface area contributed by atoms with Gasteiger partial charge in [0.15, 0.2) is 0 Å². The Morgan fingerprint density at radius 1 is 1.00 bits per heavy atom. The first-order chi connectivity index (χ1) is 12.9. The van der Waals surface area contributed by atoms with Crippen molar-refractivity contribution < 1.29 is 4.79 Å². The van der Waals surface area contributed by atoms with E-state index in [-0.39, 0.29) is 5.69 Å². The lowest BCUT2D eigenvalue weighted by molar-refractivity contribution is 0.102. The number of aryl methyl sites for hydroxylation is 1. The smallest absolute Gasteiger partial charge is 0.274 e. The summed E-state index contributed by atoms with van der Waals surface area (Å²) < 4.78 is 0. The Labute approximate surface area is 165 Å². The maximum Gasteiger partial charge on any atom is 0.274 e. The van der Waals surface area contributed by atoms with Crippen molar-refractivity contribution in [3.05, 3.63) is 75.7 Å². The molecule has 134 valence electrons. The van der Waals surface area contributed by atoms with Crippen LogP contribution in [0, 0.1) is 18.3 Å². The van der Waals surface area contributed by atoms with E-state index in [1.54, 1.807) is 49.4 Å². The molecule has 0 spiro atoms. The Balaban J connectivity index is 1.81. The van der Waals surface area contributed by atoms with Gasteiger partial charge in [0.05, 0.1) is 11.6 Å². The molecule has 1 heterocycles. The predicted octanol–water partition coefficient (Wildman–Crippen LogP) is 4.96. The van der Waals surface area contributed by atoms with Crippen molar-refractivity contribution >= 4 is 46.3 Å². The van der Waals surface area contributed by atoms with Gasteiger partial charge >= 0.3 is 0 Å². The Kier molecular flexibility index (Phi) is 5.55. The highest BCUT2D eigenvalue weighted by molar-refractivity contribution is 6.35. The number of benzene rings is 2. The number of rotatable bonds is 4. The number of hydrogen-bond donors (Lipinski definition) is 2. The van der Waals surface area contributed by atoms with Gasteiger partial charge in [0.25, 0.3) is 5.91 Å². The molecule has 3 aromatic rings. The zero-order chi connectivity index (χ0) is 19.4. The molecule has 0 aliphatic carbocycles. The van der Waals surface area contributed by atoms with Crippen molar-refractivity contribution in [3.63, 3.8) is 0 Å². The van der Waals surface area contributed by atoms with Crippen molar-refractivity contribution in [2.24, 2.45) is 0 Å². The summed E-state index contributed by atoms with van der Waals surface area (Å²) in [6.07, 6.45) is 0. The van der Waals surface area contributed by atoms with Crippen LogP contribution in [-0.4, -0.2) is 15.9 Å². The summed E-state index contributed by atoms with van der Waals surface area (Å²) in [5.74, 6) is 0.478. The molecule has 1 aromatic heterocycles. The topological polar surface area (TPSA) is 90.7 Å². The number of hydrogen-bond acceptors (Lipinski definition) is 5. The molecule has 0 saturated heterocycles. The largest absolute Gasteiger partial charge is 0.340 e. The predicted molar refractivity (Wildman–Crippen MR) is 106 cm³/mol. The number of carbonyl (C=O) groups is 1. The second-order valence-corrected chi connectivity index (χ2v) is 6.48. The Hall–Kier alpha value is -3.14. The molecule has 1 amide bonds. The minimum Gasteiger partial charge on any atom is -0.340 e. The zero-order valence-corrected chi connectivity index (χ0v) is 15.6. The normalized spacial score (nSPS) is 10.1. The molecule has 8 heteroatoms. The maximum absolute atomic E-state index is 12.5. The third kappa shape index (κ3) is 4.94. The quantitative estimate of drug-likeness (QED) is 0.648. The molecule has 0 aliphatic heterocycles. The number of anilines is 3. The van der Waals surface area contributed by atoms with Crippen LogP contribution in [0.3, 0.4) is 0 Å². The number of carbonyl (C=O) groups excluding carboxylic acids is 1. The van der Waals surface area contributed by atoms with Crippen molar-refractivity contribution in [3.8, 4) is 6.07 Å². The third-order valence-corrected chi connectivity index (χ3v) is 3.91. The Morgan fingerprint density at radius 2 is 1.67 bits per heavy atom. The fourth-order valence-electron chi connectivity index (χ4n) is 2.35. The van der Waals surface area contributed by atoms with Gasteiger partial charge in [0, 0.05) is 27.5 Å². The highest BCUT2D eigenvalue weighted by atomic mass is 35.5. The second kappa shape index (κ2) is 8.04. The molecule has 0 bridgehead atoms. The molecular formula is C19H13Cl2N5O. The van der Waals surface area contributed by atoms with Crippen LogP contribution in [0.15, 0.2) is 48.5 Å². The van der Waals surface area contributed by atoms with E-state index >= 15 is 0 Å². The van der Waals surface area contributed by atoms with Gasteiger partial charge in [-0.05, 0) is 49.4 Å². The van der Waals surface area contributed by atoms with E-state index in [0.717, 1.165) is 5.69 Å². The van der Waals surface area contributed by atoms with Gasteiger partial charge in [-0.1, -0.05) is 23.2 Å². The van der Waals surface area contributed by atoms with Crippen molar-refractivity contribution in [2.75, 3.05) is 10.6 Å². The van der Waals surface area contributed by atoms with E-state index in [4.69, 9.17) is 28.5 Å². The fraction of sp³-hybridized carbons (Fsp3) is 0.0526. The van der Waals surface area contributed by atoms with Crippen LogP contribution in [0.5, 0.6) is 0 Å². The molecule has 0 saturated carbocycles. The van der Waals surface area contributed by atoms with Crippen LogP contribution in [0.4, 0.5) is 17.2 Å². The first kappa shape index (κ1) is 18.6. The second-order valence-electron chi connectivity index (χ2n) is 5.61. The molecule has 3 rings (SSSR count). The number of nitrogens with one attached hydrogen (secondary N) is 2. The average Bonchev–Trinajstić information content (AvgIpc) is 2.61. The zero-order valence-electron chi connectivity index (χ0n) is 14.1. The molecule has 0 aliphatic rings. The SMILES string of the molecule is Cc1nc(Nc2ccc(C#N)cc2)cc(C(=O)Nc2cc(Cl)cc(Cl)c2)n1. The third-order valence-electron chi connectivity index (χ3n) is 3.48. The van der Waals surface area contributed by atoms with Crippen LogP contribution in [0.1, 0.15) is 21.9 Å². The van der Waals surface area contributed by atoms with Gasteiger partial charge in [-0.3, -0.25) is 4.79 Å². The minimum atomic E-state index is -0.415. The van der Waals surface area contributed by atoms with E-state index in [1.807, 2.05) is 0 Å². The number of nitrogens with zero attached hydrogens (tertiary/aromatic N) is 3. The lowest BCUT2D eigenvalue weighted by Crippen LogP contribution is -2.15. The van der Waals surface area contributed by atoms with Gasteiger partial charge in [-0.25, -0.2) is 9.97 Å². The number of amides is 1. The van der Waals surface area contributed by atoms with Crippen LogP contribution in [0.25, 0.3) is 0 Å². The highest BCUT2D eigenvalue weighted by Gasteiger charge is 2.12. The van der Waals surface area contributed by atoms with Gasteiger partial charge in [-0.2, -0.15) is 5.26 Å². The first-order valence-corrected chi connectivity index (χ1v) is 8.59. The summed E-state index contributed by atoms with van der Waals surface area (Å²) in [5, 5.41) is 15.5. The molecule has 2 aromatic carbocycles. The van der Waals surface area contributed by atoms with Crippen molar-refractivity contribution in [1.29, 1.82) is 5.26 Å². The summed E-state index contributed by atoms with van der Waals surface area (Å²) in [6.45, 7) is 1.69. The molecule has 0 atom stereocenters. The molecular weight excluding hydrogens is 385 g/mol. The summed E-state index contributed by atoms with van der Waals surface area (Å²) in [6, 6.07) is 15.2. The molecule has 27 heavy (non-hydrogen) atoms. The molecule has 0 unspecified atom stereocenters. The van der Waals surface area contributed by atoms with E-state index in [1.165, 1.54) is 6.07 Å². The minimum absolute atomic E-state index is 0.190. The van der Waals surface area contributed by atoms with Gasteiger partial charge in [0.1, 0.15) is 17.3 Å². The van der Waals surface area contributed by atoms with Crippen LogP contribution >= 0.6 is 23.2 Å². The fourth-order valence-corrected chi connectivity index (χ4v) is 2.87. The average molecular weight is 398 g/mol. The molecule has 6 nitrogen and oxygen atoms in total. The van der Waals surface area contributed by atoms with Crippen LogP contribution < -0.4 is 10.6 Å². The lowest BCUT2D eigenvalue weighted by Gasteiger charge is -2.10. The molecule has 0 fully saturated rings. The standard InChI is InChI=1S/C19H13Cl2N5O/c1-11-23-17(19(27)26-16-7-13(20)6-14(21)8-16)9-18(24-11)25-15-4-2-12(10-22)3-5-15/h2-9H,1H3,(H,26,27)(H,23,24,25). The first-order valence-electron chi connectivity index (χ1n) is 7.83. The molecule has 2 N–H and O–H groups in total. The Bertz CT molecular complexity index is 1020.